The van der Waals surface area contributed by atoms with Gasteiger partial charge in [-0.15, -0.1) is 0 Å². The van der Waals surface area contributed by atoms with Crippen molar-refractivity contribution in [1.82, 2.24) is 4.90 Å². The van der Waals surface area contributed by atoms with Crippen LogP contribution in [0.5, 0.6) is 0 Å². The Morgan fingerprint density at radius 3 is 2.32 bits per heavy atom. The molecule has 1 amide bonds. The zero-order chi connectivity index (χ0) is 18.2. The number of hydrogen-bond donors (Lipinski definition) is 1. The van der Waals surface area contributed by atoms with E-state index in [0.29, 0.717) is 18.4 Å². The molecule has 0 radical (unpaired) electrons. The van der Waals surface area contributed by atoms with Crippen LogP contribution in [-0.4, -0.2) is 35.0 Å². The highest BCUT2D eigenvalue weighted by atomic mass is 16.4. The van der Waals surface area contributed by atoms with Crippen LogP contribution in [0.4, 0.5) is 0 Å². The molecule has 0 saturated heterocycles. The van der Waals surface area contributed by atoms with Gasteiger partial charge in [0.1, 0.15) is 0 Å². The lowest BCUT2D eigenvalue weighted by Crippen LogP contribution is -2.38. The first kappa shape index (κ1) is 18.7. The number of carboxylic acid groups (broad SMARTS) is 1. The van der Waals surface area contributed by atoms with Crippen LogP contribution >= 0.6 is 0 Å². The Morgan fingerprint density at radius 1 is 1.04 bits per heavy atom. The van der Waals surface area contributed by atoms with Gasteiger partial charge in [-0.05, 0) is 36.5 Å². The molecule has 25 heavy (non-hydrogen) atoms. The highest BCUT2D eigenvalue weighted by Crippen LogP contribution is 2.15. The second kappa shape index (κ2) is 9.02. The maximum Gasteiger partial charge on any atom is 0.335 e. The maximum absolute atomic E-state index is 12.6. The second-order valence-electron chi connectivity index (χ2n) is 6.22. The Labute approximate surface area is 149 Å². The zero-order valence-electron chi connectivity index (χ0n) is 14.8. The van der Waals surface area contributed by atoms with Crippen molar-refractivity contribution >= 4 is 11.9 Å². The Balaban J connectivity index is 1.98. The summed E-state index contributed by atoms with van der Waals surface area (Å²) in [6, 6.07) is 17.2. The summed E-state index contributed by atoms with van der Waals surface area (Å²) >= 11 is 0. The van der Waals surface area contributed by atoms with Gasteiger partial charge >= 0.3 is 5.97 Å². The third-order valence-corrected chi connectivity index (χ3v) is 4.58. The number of aryl methyl sites for hydroxylation is 1. The van der Waals surface area contributed by atoms with Crippen molar-refractivity contribution in [2.45, 2.75) is 38.6 Å². The lowest BCUT2D eigenvalue weighted by Gasteiger charge is -2.27. The third kappa shape index (κ3) is 5.18. The van der Waals surface area contributed by atoms with Crippen LogP contribution in [0.2, 0.25) is 0 Å². The largest absolute Gasteiger partial charge is 0.478 e. The van der Waals surface area contributed by atoms with Crippen LogP contribution in [-0.2, 0) is 17.6 Å². The van der Waals surface area contributed by atoms with Crippen LogP contribution in [0.15, 0.2) is 54.6 Å². The van der Waals surface area contributed by atoms with Crippen LogP contribution in [0.25, 0.3) is 0 Å². The highest BCUT2D eigenvalue weighted by molar-refractivity contribution is 5.89. The number of carbonyl (C=O) groups is 2. The number of carboxylic acids is 1. The summed E-state index contributed by atoms with van der Waals surface area (Å²) in [5, 5.41) is 9.24. The van der Waals surface area contributed by atoms with E-state index in [1.54, 1.807) is 29.2 Å². The lowest BCUT2D eigenvalue weighted by molar-refractivity contribution is -0.132. The molecule has 0 bridgehead atoms. The number of hydrogen-bond acceptors (Lipinski definition) is 2. The van der Waals surface area contributed by atoms with Crippen molar-refractivity contribution < 1.29 is 14.7 Å². The molecule has 0 fully saturated rings. The third-order valence-electron chi connectivity index (χ3n) is 4.58. The maximum atomic E-state index is 12.6. The molecule has 1 unspecified atom stereocenters. The SMILES string of the molecule is CCC(Cc1ccccc1)N(C)C(=O)CCc1ccccc1C(=O)O. The topological polar surface area (TPSA) is 57.6 Å². The van der Waals surface area contributed by atoms with Crippen molar-refractivity contribution in [2.24, 2.45) is 0 Å². The number of carbonyl (C=O) groups excluding carboxylic acids is 1. The fourth-order valence-electron chi connectivity index (χ4n) is 3.01. The number of amides is 1. The molecule has 1 atom stereocenters. The van der Waals surface area contributed by atoms with Gasteiger partial charge in [0, 0.05) is 19.5 Å². The van der Waals surface area contributed by atoms with E-state index in [2.05, 4.69) is 19.1 Å². The van der Waals surface area contributed by atoms with Crippen molar-refractivity contribution in [3.8, 4) is 0 Å². The van der Waals surface area contributed by atoms with Crippen LogP contribution < -0.4 is 0 Å². The Morgan fingerprint density at radius 2 is 1.68 bits per heavy atom. The Hall–Kier alpha value is -2.62. The van der Waals surface area contributed by atoms with E-state index in [-0.39, 0.29) is 17.5 Å². The van der Waals surface area contributed by atoms with Crippen LogP contribution in [0.1, 0.15) is 41.3 Å². The monoisotopic (exact) mass is 339 g/mol. The van der Waals surface area contributed by atoms with Crippen molar-refractivity contribution in [3.05, 3.63) is 71.3 Å². The molecule has 1 N–H and O–H groups in total. The number of aromatic carboxylic acids is 1. The van der Waals surface area contributed by atoms with Crippen LogP contribution in [0.3, 0.4) is 0 Å². The van der Waals surface area contributed by atoms with Gasteiger partial charge in [0.25, 0.3) is 0 Å². The molecule has 0 aromatic heterocycles. The number of likely N-dealkylation sites (N-methyl/N-ethyl adjacent to an activating group) is 1. The summed E-state index contributed by atoms with van der Waals surface area (Å²) < 4.78 is 0. The fraction of sp³-hybridized carbons (Fsp3) is 0.333. The first-order valence-electron chi connectivity index (χ1n) is 8.63. The minimum atomic E-state index is -0.952. The fourth-order valence-corrected chi connectivity index (χ4v) is 3.01. The Bertz CT molecular complexity index is 712. The summed E-state index contributed by atoms with van der Waals surface area (Å²) in [6.07, 6.45) is 2.45. The van der Waals surface area contributed by atoms with E-state index < -0.39 is 5.97 Å². The quantitative estimate of drug-likeness (QED) is 0.796. The molecule has 2 aromatic rings. The molecular formula is C21H25NO3. The van der Waals surface area contributed by atoms with Gasteiger partial charge in [-0.25, -0.2) is 4.79 Å². The van der Waals surface area contributed by atoms with Gasteiger partial charge in [0.2, 0.25) is 5.91 Å². The molecule has 0 aliphatic carbocycles. The molecule has 0 aliphatic heterocycles. The molecular weight excluding hydrogens is 314 g/mol. The molecule has 4 nitrogen and oxygen atoms in total. The zero-order valence-corrected chi connectivity index (χ0v) is 14.8. The average molecular weight is 339 g/mol. The molecule has 2 aromatic carbocycles. The molecule has 4 heteroatoms. The second-order valence-corrected chi connectivity index (χ2v) is 6.22. The smallest absolute Gasteiger partial charge is 0.335 e. The molecule has 0 saturated carbocycles. The van der Waals surface area contributed by atoms with Gasteiger partial charge in [-0.3, -0.25) is 4.79 Å². The van der Waals surface area contributed by atoms with E-state index in [1.807, 2.05) is 25.2 Å². The summed E-state index contributed by atoms with van der Waals surface area (Å²) in [6.45, 7) is 2.08. The number of benzene rings is 2. The number of nitrogens with zero attached hydrogens (tertiary/aromatic N) is 1. The van der Waals surface area contributed by atoms with E-state index in [9.17, 15) is 14.7 Å². The van der Waals surface area contributed by atoms with Gasteiger partial charge < -0.3 is 10.0 Å². The lowest BCUT2D eigenvalue weighted by atomic mass is 10.0. The molecule has 132 valence electrons. The standard InChI is InChI=1S/C21H25NO3/c1-3-18(15-16-9-5-4-6-10-16)22(2)20(23)14-13-17-11-7-8-12-19(17)21(24)25/h4-12,18H,3,13-15H2,1-2H3,(H,24,25). The normalized spacial score (nSPS) is 11.8. The van der Waals surface area contributed by atoms with Crippen molar-refractivity contribution in [1.29, 1.82) is 0 Å². The van der Waals surface area contributed by atoms with Crippen molar-refractivity contribution in [2.75, 3.05) is 7.05 Å². The summed E-state index contributed by atoms with van der Waals surface area (Å²) in [7, 11) is 1.84. The van der Waals surface area contributed by atoms with Gasteiger partial charge in [0.15, 0.2) is 0 Å². The predicted molar refractivity (Wildman–Crippen MR) is 98.7 cm³/mol. The first-order chi connectivity index (χ1) is 12.0. The van der Waals surface area contributed by atoms with Gasteiger partial charge in [-0.2, -0.15) is 0 Å². The molecule has 0 heterocycles. The van der Waals surface area contributed by atoms with E-state index in [0.717, 1.165) is 12.8 Å². The van der Waals surface area contributed by atoms with E-state index in [1.165, 1.54) is 5.56 Å². The Kier molecular flexibility index (Phi) is 6.75. The van der Waals surface area contributed by atoms with E-state index in [4.69, 9.17) is 0 Å². The predicted octanol–water partition coefficient (Wildman–Crippen LogP) is 3.80. The summed E-state index contributed by atoms with van der Waals surface area (Å²) in [5.41, 5.74) is 2.19. The average Bonchev–Trinajstić information content (AvgIpc) is 2.64. The van der Waals surface area contributed by atoms with Gasteiger partial charge in [0.05, 0.1) is 5.56 Å². The number of rotatable bonds is 8. The highest BCUT2D eigenvalue weighted by Gasteiger charge is 2.19. The minimum Gasteiger partial charge on any atom is -0.478 e. The summed E-state index contributed by atoms with van der Waals surface area (Å²) in [5.74, 6) is -0.908. The summed E-state index contributed by atoms with van der Waals surface area (Å²) in [4.78, 5) is 25.6. The molecule has 2 rings (SSSR count). The minimum absolute atomic E-state index is 0.0444. The van der Waals surface area contributed by atoms with Crippen LogP contribution in [0, 0.1) is 0 Å². The molecule has 0 spiro atoms. The first-order valence-corrected chi connectivity index (χ1v) is 8.63. The molecule has 0 aliphatic rings. The van der Waals surface area contributed by atoms with Crippen molar-refractivity contribution in [3.63, 3.8) is 0 Å². The van der Waals surface area contributed by atoms with E-state index >= 15 is 0 Å². The van der Waals surface area contributed by atoms with Gasteiger partial charge in [-0.1, -0.05) is 55.5 Å².